The normalized spacial score (nSPS) is 37.5. The Bertz CT molecular complexity index is 174. The Morgan fingerprint density at radius 3 is 2.73 bits per heavy atom. The molecule has 11 heavy (non-hydrogen) atoms. The van der Waals surface area contributed by atoms with E-state index in [1.54, 1.807) is 0 Å². The van der Waals surface area contributed by atoms with Crippen LogP contribution in [0.3, 0.4) is 0 Å². The molecule has 2 atom stereocenters. The van der Waals surface area contributed by atoms with Crippen molar-refractivity contribution < 1.29 is 14.3 Å². The number of rotatable bonds is 2. The van der Waals surface area contributed by atoms with Crippen LogP contribution in [0.15, 0.2) is 0 Å². The number of hydrogen-bond acceptors (Lipinski definition) is 1. The van der Waals surface area contributed by atoms with Crippen LogP contribution in [-0.2, 0) is 4.79 Å². The highest BCUT2D eigenvalue weighted by atomic mass is 79.9. The summed E-state index contributed by atoms with van der Waals surface area (Å²) >= 11 is 3.04. The second-order valence-electron chi connectivity index (χ2n) is 3.06. The van der Waals surface area contributed by atoms with Crippen LogP contribution in [0.4, 0.5) is 4.39 Å². The third-order valence-corrected chi connectivity index (χ3v) is 3.15. The molecule has 0 aliphatic heterocycles. The van der Waals surface area contributed by atoms with Gasteiger partial charge in [0.2, 0.25) is 0 Å². The predicted molar refractivity (Wildman–Crippen MR) is 42.6 cm³/mol. The lowest BCUT2D eigenvalue weighted by Crippen LogP contribution is -2.21. The quantitative estimate of drug-likeness (QED) is 0.729. The first-order chi connectivity index (χ1) is 5.07. The minimum absolute atomic E-state index is 0.160. The fourth-order valence-corrected chi connectivity index (χ4v) is 1.92. The van der Waals surface area contributed by atoms with Gasteiger partial charge in [0, 0.05) is 5.33 Å². The highest BCUT2D eigenvalue weighted by molar-refractivity contribution is 9.09. The fourth-order valence-electron chi connectivity index (χ4n) is 1.41. The van der Waals surface area contributed by atoms with E-state index >= 15 is 0 Å². The lowest BCUT2D eigenvalue weighted by atomic mass is 10.0. The average molecular weight is 225 g/mol. The van der Waals surface area contributed by atoms with Gasteiger partial charge < -0.3 is 5.11 Å². The van der Waals surface area contributed by atoms with E-state index in [1.807, 2.05) is 0 Å². The Kier molecular flexibility index (Phi) is 2.52. The summed E-state index contributed by atoms with van der Waals surface area (Å²) < 4.78 is 13.3. The maximum atomic E-state index is 13.3. The van der Waals surface area contributed by atoms with Gasteiger partial charge in [-0.15, -0.1) is 0 Å². The van der Waals surface area contributed by atoms with Gasteiger partial charge in [-0.25, -0.2) is 4.39 Å². The summed E-state index contributed by atoms with van der Waals surface area (Å²) in [6.07, 6.45) is 1.00. The van der Waals surface area contributed by atoms with Crippen molar-refractivity contribution in [1.82, 2.24) is 0 Å². The molecule has 0 radical (unpaired) electrons. The van der Waals surface area contributed by atoms with E-state index in [9.17, 15) is 9.18 Å². The highest BCUT2D eigenvalue weighted by Crippen LogP contribution is 2.38. The average Bonchev–Trinajstić information content (AvgIpc) is 2.33. The number of alkyl halides is 2. The molecule has 0 aromatic carbocycles. The molecule has 0 aromatic rings. The Balaban J connectivity index is 2.53. The molecule has 64 valence electrons. The van der Waals surface area contributed by atoms with E-state index < -0.39 is 17.6 Å². The Morgan fingerprint density at radius 1 is 1.82 bits per heavy atom. The summed E-state index contributed by atoms with van der Waals surface area (Å²) in [5.74, 6) is -1.34. The summed E-state index contributed by atoms with van der Waals surface area (Å²) in [7, 11) is 0. The van der Waals surface area contributed by atoms with Gasteiger partial charge in [0.1, 0.15) is 5.67 Å². The topological polar surface area (TPSA) is 37.3 Å². The molecule has 2 unspecified atom stereocenters. The van der Waals surface area contributed by atoms with E-state index in [0.29, 0.717) is 12.8 Å². The van der Waals surface area contributed by atoms with Crippen molar-refractivity contribution in [2.75, 3.05) is 5.33 Å². The number of carbonyl (C=O) groups is 1. The third-order valence-electron chi connectivity index (χ3n) is 2.14. The van der Waals surface area contributed by atoms with Crippen molar-refractivity contribution in [3.8, 4) is 0 Å². The molecule has 1 saturated carbocycles. The Morgan fingerprint density at radius 2 is 2.45 bits per heavy atom. The first-order valence-electron chi connectivity index (χ1n) is 3.55. The summed E-state index contributed by atoms with van der Waals surface area (Å²) in [5.41, 5.74) is -1.27. The third kappa shape index (κ3) is 1.92. The predicted octanol–water partition coefficient (Wildman–Crippen LogP) is 1.97. The second kappa shape index (κ2) is 3.09. The maximum absolute atomic E-state index is 13.3. The maximum Gasteiger partial charge on any atom is 0.306 e. The summed E-state index contributed by atoms with van der Waals surface area (Å²) in [6.45, 7) is 0. The van der Waals surface area contributed by atoms with Crippen molar-refractivity contribution in [2.45, 2.75) is 24.9 Å². The lowest BCUT2D eigenvalue weighted by molar-refractivity contribution is -0.141. The van der Waals surface area contributed by atoms with Crippen LogP contribution in [0.1, 0.15) is 19.3 Å². The van der Waals surface area contributed by atoms with Crippen LogP contribution in [-0.4, -0.2) is 22.1 Å². The molecule has 0 amide bonds. The van der Waals surface area contributed by atoms with Gasteiger partial charge in [0.15, 0.2) is 0 Å². The van der Waals surface area contributed by atoms with Crippen LogP contribution in [0.25, 0.3) is 0 Å². The zero-order valence-electron chi connectivity index (χ0n) is 6.02. The molecule has 0 spiro atoms. The number of halogens is 2. The van der Waals surface area contributed by atoms with Crippen molar-refractivity contribution >= 4 is 21.9 Å². The molecule has 1 N–H and O–H groups in total. The van der Waals surface area contributed by atoms with Crippen molar-refractivity contribution in [2.24, 2.45) is 5.92 Å². The molecule has 1 aliphatic carbocycles. The van der Waals surface area contributed by atoms with E-state index in [1.165, 1.54) is 0 Å². The van der Waals surface area contributed by atoms with Crippen LogP contribution < -0.4 is 0 Å². The molecule has 0 heterocycles. The highest BCUT2D eigenvalue weighted by Gasteiger charge is 2.41. The first-order valence-corrected chi connectivity index (χ1v) is 4.67. The standard InChI is InChI=1S/C7H10BrFO2/c8-4-7(9)2-1-5(3-7)6(10)11/h5H,1-4H2,(H,10,11). The lowest BCUT2D eigenvalue weighted by Gasteiger charge is -2.14. The van der Waals surface area contributed by atoms with E-state index in [0.717, 1.165) is 0 Å². The van der Waals surface area contributed by atoms with E-state index in [-0.39, 0.29) is 11.8 Å². The number of aliphatic carboxylic acids is 1. The van der Waals surface area contributed by atoms with Crippen molar-refractivity contribution in [3.63, 3.8) is 0 Å². The molecule has 0 aromatic heterocycles. The van der Waals surface area contributed by atoms with Gasteiger partial charge in [-0.2, -0.15) is 0 Å². The Labute approximate surface area is 72.9 Å². The SMILES string of the molecule is O=C(O)C1CCC(F)(CBr)C1. The minimum Gasteiger partial charge on any atom is -0.481 e. The van der Waals surface area contributed by atoms with Gasteiger partial charge in [-0.05, 0) is 19.3 Å². The van der Waals surface area contributed by atoms with Crippen LogP contribution >= 0.6 is 15.9 Å². The van der Waals surface area contributed by atoms with Gasteiger partial charge >= 0.3 is 5.97 Å². The largest absolute Gasteiger partial charge is 0.481 e. The molecular weight excluding hydrogens is 215 g/mol. The van der Waals surface area contributed by atoms with Crippen LogP contribution in [0, 0.1) is 5.92 Å². The van der Waals surface area contributed by atoms with E-state index in [4.69, 9.17) is 5.11 Å². The zero-order chi connectivity index (χ0) is 8.48. The summed E-state index contributed by atoms with van der Waals surface area (Å²) in [4.78, 5) is 10.4. The smallest absolute Gasteiger partial charge is 0.306 e. The van der Waals surface area contributed by atoms with Crippen LogP contribution in [0.2, 0.25) is 0 Å². The Hall–Kier alpha value is -0.120. The summed E-state index contributed by atoms with van der Waals surface area (Å²) in [6, 6.07) is 0. The molecule has 0 bridgehead atoms. The summed E-state index contributed by atoms with van der Waals surface area (Å²) in [5, 5.41) is 8.81. The molecule has 1 aliphatic rings. The van der Waals surface area contributed by atoms with E-state index in [2.05, 4.69) is 15.9 Å². The minimum atomic E-state index is -1.27. The van der Waals surface area contributed by atoms with Crippen LogP contribution in [0.5, 0.6) is 0 Å². The molecular formula is C7H10BrFO2. The van der Waals surface area contributed by atoms with Gasteiger partial charge in [0.25, 0.3) is 0 Å². The molecule has 2 nitrogen and oxygen atoms in total. The van der Waals surface area contributed by atoms with Gasteiger partial charge in [-0.3, -0.25) is 4.79 Å². The zero-order valence-corrected chi connectivity index (χ0v) is 7.60. The monoisotopic (exact) mass is 224 g/mol. The van der Waals surface area contributed by atoms with Gasteiger partial charge in [-0.1, -0.05) is 15.9 Å². The molecule has 1 rings (SSSR count). The van der Waals surface area contributed by atoms with Gasteiger partial charge in [0.05, 0.1) is 5.92 Å². The fraction of sp³-hybridized carbons (Fsp3) is 0.857. The molecule has 4 heteroatoms. The second-order valence-corrected chi connectivity index (χ2v) is 3.62. The van der Waals surface area contributed by atoms with Crippen molar-refractivity contribution in [1.29, 1.82) is 0 Å². The van der Waals surface area contributed by atoms with Crippen molar-refractivity contribution in [3.05, 3.63) is 0 Å². The number of carboxylic acids is 1. The molecule has 1 fully saturated rings. The first kappa shape index (κ1) is 8.97. The molecule has 0 saturated heterocycles. The number of hydrogen-bond donors (Lipinski definition) is 1. The number of carboxylic acid groups (broad SMARTS) is 1.